The number of anilines is 3. The van der Waals surface area contributed by atoms with Gasteiger partial charge in [-0.05, 0) is 76.0 Å². The number of carbonyl (C=O) groups is 2. The number of piperidine rings is 2. The topological polar surface area (TPSA) is 176 Å². The smallest absolute Gasteiger partial charge is 0.411 e. The van der Waals surface area contributed by atoms with Gasteiger partial charge in [0.15, 0.2) is 5.82 Å². The lowest BCUT2D eigenvalue weighted by atomic mass is 9.93. The van der Waals surface area contributed by atoms with Crippen LogP contribution in [0.4, 0.5) is 30.9 Å². The average Bonchev–Trinajstić information content (AvgIpc) is 3.65. The number of amides is 1. The summed E-state index contributed by atoms with van der Waals surface area (Å²) in [4.78, 5) is 39.0. The van der Waals surface area contributed by atoms with Crippen LogP contribution in [0.25, 0.3) is 17.1 Å². The van der Waals surface area contributed by atoms with E-state index < -0.39 is 57.9 Å². The first kappa shape index (κ1) is 39.1. The molecule has 1 atom stereocenters. The summed E-state index contributed by atoms with van der Waals surface area (Å²) in [5.41, 5.74) is 1.76. The van der Waals surface area contributed by atoms with Crippen molar-refractivity contribution in [3.05, 3.63) is 36.7 Å². The molecular weight excluding hydrogens is 725 g/mol. The van der Waals surface area contributed by atoms with Crippen molar-refractivity contribution in [1.82, 2.24) is 29.9 Å². The lowest BCUT2D eigenvalue weighted by molar-refractivity contribution is -0.144. The zero-order chi connectivity index (χ0) is 39.1. The number of aromatic nitrogens is 5. The van der Waals surface area contributed by atoms with Gasteiger partial charge in [-0.1, -0.05) is 19.1 Å². The lowest BCUT2D eigenvalue weighted by Crippen LogP contribution is -2.51. The van der Waals surface area contributed by atoms with E-state index >= 15 is 0 Å². The Kier molecular flexibility index (Phi) is 10.8. The highest BCUT2D eigenvalue weighted by Crippen LogP contribution is 2.54. The number of alkyl halides is 2. The summed E-state index contributed by atoms with van der Waals surface area (Å²) in [5.74, 6) is -4.30. The monoisotopic (exact) mass is 773 g/mol. The minimum Gasteiger partial charge on any atom is -0.480 e. The van der Waals surface area contributed by atoms with Crippen molar-refractivity contribution in [2.24, 2.45) is 11.3 Å². The second kappa shape index (κ2) is 14.9. The molecule has 4 heterocycles. The summed E-state index contributed by atoms with van der Waals surface area (Å²) < 4.78 is 64.1. The Morgan fingerprint density at radius 1 is 1.02 bits per heavy atom. The molecule has 294 valence electrons. The number of ether oxygens (including phenoxy) is 1. The molecule has 54 heavy (non-hydrogen) atoms. The molecule has 0 unspecified atom stereocenters. The third-order valence-electron chi connectivity index (χ3n) is 10.3. The van der Waals surface area contributed by atoms with Gasteiger partial charge in [-0.3, -0.25) is 9.62 Å². The maximum atomic E-state index is 13.8. The molecule has 2 saturated heterocycles. The summed E-state index contributed by atoms with van der Waals surface area (Å²) in [6, 6.07) is 5.51. The standard InChI is InChI=1S/C36H49F2N9O6S/c1-24(2)30(31(48)49)46(33(50)53-34(3,4)5)20-21-54(51,52)42-25-6-7-26(28(22-25)44-16-11-35(9-10-35)12-17-44)27-23-47(43-41-27)29-8-15-39-32(40-29)45-18-13-36(37,38)14-19-45/h6-8,15,22-24,30,42H,9-14,16-21H2,1-5H3,(H,48,49)/t30-/m0/s1. The van der Waals surface area contributed by atoms with E-state index in [2.05, 4.69) is 29.9 Å². The van der Waals surface area contributed by atoms with E-state index in [-0.39, 0.29) is 25.9 Å². The number of carboxylic acid groups (broad SMARTS) is 1. The number of rotatable bonds is 12. The normalized spacial score (nSPS) is 18.7. The molecule has 1 saturated carbocycles. The highest BCUT2D eigenvalue weighted by molar-refractivity contribution is 7.92. The number of hydrogen-bond donors (Lipinski definition) is 2. The fourth-order valence-corrected chi connectivity index (χ4v) is 8.04. The van der Waals surface area contributed by atoms with Crippen LogP contribution in [0.5, 0.6) is 0 Å². The van der Waals surface area contributed by atoms with Gasteiger partial charge in [0, 0.05) is 69.1 Å². The van der Waals surface area contributed by atoms with Gasteiger partial charge in [0.05, 0.1) is 17.6 Å². The number of sulfonamides is 1. The number of halogens is 2. The third kappa shape index (κ3) is 9.36. The molecule has 2 aromatic heterocycles. The fourth-order valence-electron chi connectivity index (χ4n) is 7.02. The Labute approximate surface area is 314 Å². The average molecular weight is 774 g/mol. The van der Waals surface area contributed by atoms with Crippen LogP contribution in [0.3, 0.4) is 0 Å². The van der Waals surface area contributed by atoms with Gasteiger partial charge in [-0.25, -0.2) is 36.5 Å². The Balaban J connectivity index is 1.23. The molecule has 15 nitrogen and oxygen atoms in total. The molecule has 6 rings (SSSR count). The molecule has 1 amide bonds. The van der Waals surface area contributed by atoms with Crippen LogP contribution < -0.4 is 14.5 Å². The minimum absolute atomic E-state index is 0.137. The Hall–Kier alpha value is -4.61. The molecule has 18 heteroatoms. The Bertz CT molecular complexity index is 1940. The maximum absolute atomic E-state index is 13.8. The molecule has 1 spiro atoms. The van der Waals surface area contributed by atoms with Gasteiger partial charge in [0.2, 0.25) is 16.0 Å². The van der Waals surface area contributed by atoms with E-state index in [0.29, 0.717) is 28.6 Å². The quantitative estimate of drug-likeness (QED) is 0.239. The van der Waals surface area contributed by atoms with Crippen LogP contribution in [0, 0.1) is 11.3 Å². The van der Waals surface area contributed by atoms with Crippen molar-refractivity contribution < 1.29 is 36.6 Å². The van der Waals surface area contributed by atoms with Gasteiger partial charge < -0.3 is 19.6 Å². The number of aliphatic carboxylic acids is 1. The first-order valence-electron chi connectivity index (χ1n) is 18.3. The van der Waals surface area contributed by atoms with Crippen LogP contribution in [-0.4, -0.2) is 111 Å². The SMILES string of the molecule is CC(C)[C@@H](C(=O)O)N(CCS(=O)(=O)Nc1ccc(-c2cn(-c3ccnc(N4CCC(F)(F)CC4)n3)nn2)c(N2CCC3(CC2)CC3)c1)C(=O)OC(C)(C)C. The van der Waals surface area contributed by atoms with Crippen LogP contribution in [0.15, 0.2) is 36.7 Å². The van der Waals surface area contributed by atoms with Gasteiger partial charge in [0.1, 0.15) is 17.3 Å². The van der Waals surface area contributed by atoms with E-state index in [1.807, 2.05) is 0 Å². The third-order valence-corrected chi connectivity index (χ3v) is 11.5. The minimum atomic E-state index is -4.08. The molecule has 3 fully saturated rings. The van der Waals surface area contributed by atoms with E-state index in [9.17, 15) is 31.9 Å². The van der Waals surface area contributed by atoms with Crippen molar-refractivity contribution in [2.45, 2.75) is 90.7 Å². The number of carboxylic acids is 1. The molecular formula is C36H49F2N9O6S. The van der Waals surface area contributed by atoms with Crippen LogP contribution >= 0.6 is 0 Å². The second-order valence-corrected chi connectivity index (χ2v) is 17.8. The molecule has 3 aliphatic rings. The van der Waals surface area contributed by atoms with E-state index in [1.54, 1.807) is 76.2 Å². The maximum Gasteiger partial charge on any atom is 0.411 e. The van der Waals surface area contributed by atoms with Crippen LogP contribution in [0.1, 0.15) is 73.1 Å². The molecule has 3 aromatic rings. The van der Waals surface area contributed by atoms with Crippen LogP contribution in [0.2, 0.25) is 0 Å². The number of carbonyl (C=O) groups excluding carboxylic acids is 1. The first-order chi connectivity index (χ1) is 25.3. The first-order valence-corrected chi connectivity index (χ1v) is 20.0. The number of nitrogens with zero attached hydrogens (tertiary/aromatic N) is 8. The predicted molar refractivity (Wildman–Crippen MR) is 199 cm³/mol. The zero-order valence-corrected chi connectivity index (χ0v) is 32.2. The fraction of sp³-hybridized carbons (Fsp3) is 0.611. The summed E-state index contributed by atoms with van der Waals surface area (Å²) in [6.45, 7) is 9.65. The summed E-state index contributed by atoms with van der Waals surface area (Å²) in [6.07, 6.45) is 6.27. The number of nitrogens with one attached hydrogen (secondary N) is 1. The van der Waals surface area contributed by atoms with Crippen molar-refractivity contribution in [3.63, 3.8) is 0 Å². The Morgan fingerprint density at radius 3 is 2.30 bits per heavy atom. The molecule has 0 radical (unpaired) electrons. The van der Waals surface area contributed by atoms with Gasteiger partial charge in [0.25, 0.3) is 5.92 Å². The zero-order valence-electron chi connectivity index (χ0n) is 31.3. The van der Waals surface area contributed by atoms with E-state index in [1.165, 1.54) is 17.5 Å². The van der Waals surface area contributed by atoms with Gasteiger partial charge in [-0.15, -0.1) is 5.10 Å². The molecule has 1 aromatic carbocycles. The van der Waals surface area contributed by atoms with E-state index in [0.717, 1.165) is 42.1 Å². The van der Waals surface area contributed by atoms with Crippen molar-refractivity contribution in [2.75, 3.05) is 53.0 Å². The molecule has 0 bridgehead atoms. The predicted octanol–water partition coefficient (Wildman–Crippen LogP) is 5.43. The number of hydrogen-bond acceptors (Lipinski definition) is 11. The highest BCUT2D eigenvalue weighted by Gasteiger charge is 2.45. The summed E-state index contributed by atoms with van der Waals surface area (Å²) in [7, 11) is -4.08. The number of benzene rings is 1. The lowest BCUT2D eigenvalue weighted by Gasteiger charge is -2.35. The van der Waals surface area contributed by atoms with Crippen molar-refractivity contribution >= 4 is 39.4 Å². The van der Waals surface area contributed by atoms with Crippen molar-refractivity contribution in [3.8, 4) is 17.1 Å². The van der Waals surface area contributed by atoms with Gasteiger partial charge in [-0.2, -0.15) is 4.98 Å². The van der Waals surface area contributed by atoms with Crippen molar-refractivity contribution in [1.29, 1.82) is 0 Å². The Morgan fingerprint density at radius 2 is 1.69 bits per heavy atom. The second-order valence-electron chi connectivity index (χ2n) is 15.9. The molecule has 2 N–H and O–H groups in total. The largest absolute Gasteiger partial charge is 0.480 e. The summed E-state index contributed by atoms with van der Waals surface area (Å²) >= 11 is 0. The molecule has 1 aliphatic carbocycles. The highest BCUT2D eigenvalue weighted by atomic mass is 32.2. The van der Waals surface area contributed by atoms with Crippen LogP contribution in [-0.2, 0) is 19.6 Å². The van der Waals surface area contributed by atoms with Gasteiger partial charge >= 0.3 is 12.1 Å². The molecule has 2 aliphatic heterocycles. The van der Waals surface area contributed by atoms with E-state index in [4.69, 9.17) is 4.74 Å². The summed E-state index contributed by atoms with van der Waals surface area (Å²) in [5, 5.41) is 18.7.